The summed E-state index contributed by atoms with van der Waals surface area (Å²) in [5.74, 6) is -0.315. The third-order valence-corrected chi connectivity index (χ3v) is 2.73. The molecule has 19 heavy (non-hydrogen) atoms. The van der Waals surface area contributed by atoms with E-state index >= 15 is 0 Å². The van der Waals surface area contributed by atoms with Crippen molar-refractivity contribution in [2.24, 2.45) is 24.8 Å². The van der Waals surface area contributed by atoms with Crippen LogP contribution in [0.5, 0.6) is 0 Å². The Balaban J connectivity index is 2.64. The number of fused-ring (bicyclic) bond motifs is 1. The Morgan fingerprint density at radius 1 is 1.47 bits per heavy atom. The first-order valence-electron chi connectivity index (χ1n) is 5.41. The molecular weight excluding hydrogens is 250 g/mol. The van der Waals surface area contributed by atoms with Crippen molar-refractivity contribution >= 4 is 23.3 Å². The van der Waals surface area contributed by atoms with Gasteiger partial charge in [-0.1, -0.05) is 0 Å². The Morgan fingerprint density at radius 2 is 2.16 bits per heavy atom. The summed E-state index contributed by atoms with van der Waals surface area (Å²) in [6, 6.07) is 0. The van der Waals surface area contributed by atoms with E-state index in [2.05, 4.69) is 9.98 Å². The highest BCUT2D eigenvalue weighted by molar-refractivity contribution is 5.84. The molecule has 3 N–H and O–H groups in total. The van der Waals surface area contributed by atoms with Crippen LogP contribution < -0.4 is 17.0 Å². The smallest absolute Gasteiger partial charge is 0.332 e. The molecule has 0 unspecified atom stereocenters. The molecule has 9 heteroatoms. The maximum Gasteiger partial charge on any atom is 0.332 e. The largest absolute Gasteiger partial charge is 0.368 e. The van der Waals surface area contributed by atoms with Gasteiger partial charge >= 0.3 is 5.69 Å². The first kappa shape index (κ1) is 12.7. The molecule has 0 fully saturated rings. The number of aromatic nitrogens is 4. The predicted octanol–water partition coefficient (Wildman–Crippen LogP) is -1.60. The van der Waals surface area contributed by atoms with Crippen molar-refractivity contribution in [1.82, 2.24) is 18.7 Å². The van der Waals surface area contributed by atoms with E-state index in [-0.39, 0.29) is 12.5 Å². The number of aryl methyl sites for hydroxylation is 1. The van der Waals surface area contributed by atoms with Crippen molar-refractivity contribution < 1.29 is 0 Å². The van der Waals surface area contributed by atoms with Crippen LogP contribution >= 0.6 is 0 Å². The van der Waals surface area contributed by atoms with Crippen LogP contribution in [0, 0.1) is 5.41 Å². The van der Waals surface area contributed by atoms with Crippen LogP contribution in [0.15, 0.2) is 20.9 Å². The molecular formula is C10H13N7O2. The van der Waals surface area contributed by atoms with Crippen molar-refractivity contribution in [3.05, 3.63) is 27.2 Å². The Bertz CT molecular complexity index is 793. The summed E-state index contributed by atoms with van der Waals surface area (Å²) in [5, 5.41) is 6.97. The topological polar surface area (TPSA) is 124 Å². The maximum absolute atomic E-state index is 12.1. The summed E-state index contributed by atoms with van der Waals surface area (Å²) in [5.41, 5.74) is 4.85. The second-order valence-corrected chi connectivity index (χ2v) is 3.97. The van der Waals surface area contributed by atoms with Gasteiger partial charge in [-0.15, -0.1) is 0 Å². The minimum Gasteiger partial charge on any atom is -0.368 e. The number of rotatable bonds is 2. The monoisotopic (exact) mass is 263 g/mol. The number of hydrogen-bond donors (Lipinski definition) is 2. The fourth-order valence-corrected chi connectivity index (χ4v) is 1.76. The summed E-state index contributed by atoms with van der Waals surface area (Å²) in [4.78, 5) is 31.4. The van der Waals surface area contributed by atoms with E-state index < -0.39 is 11.2 Å². The predicted molar refractivity (Wildman–Crippen MR) is 70.6 cm³/mol. The highest BCUT2D eigenvalue weighted by Crippen LogP contribution is 2.04. The molecule has 0 amide bonds. The molecule has 0 atom stereocenters. The highest BCUT2D eigenvalue weighted by Gasteiger charge is 2.13. The van der Waals surface area contributed by atoms with E-state index in [1.165, 1.54) is 24.2 Å². The SMILES string of the molecule is Cn1c(=O)c2c(ncn2C/C=N/C(=N)N)n(C)c1=O. The lowest BCUT2D eigenvalue weighted by Gasteiger charge is -2.04. The fourth-order valence-electron chi connectivity index (χ4n) is 1.76. The van der Waals surface area contributed by atoms with Gasteiger partial charge in [0.05, 0.1) is 12.9 Å². The molecule has 0 aliphatic carbocycles. The van der Waals surface area contributed by atoms with E-state index in [0.29, 0.717) is 11.2 Å². The van der Waals surface area contributed by atoms with E-state index in [1.807, 2.05) is 0 Å². The molecule has 0 aromatic carbocycles. The minimum atomic E-state index is -0.430. The van der Waals surface area contributed by atoms with Gasteiger partial charge in [-0.2, -0.15) is 0 Å². The third-order valence-electron chi connectivity index (χ3n) is 2.73. The van der Waals surface area contributed by atoms with E-state index in [1.54, 1.807) is 11.6 Å². The van der Waals surface area contributed by atoms with Gasteiger partial charge in [0.2, 0.25) is 5.96 Å². The van der Waals surface area contributed by atoms with Crippen LogP contribution in [0.1, 0.15) is 0 Å². The van der Waals surface area contributed by atoms with Crippen molar-refractivity contribution in [3.63, 3.8) is 0 Å². The molecule has 0 radical (unpaired) electrons. The highest BCUT2D eigenvalue weighted by atomic mass is 16.2. The minimum absolute atomic E-state index is 0.240. The van der Waals surface area contributed by atoms with Gasteiger partial charge in [-0.3, -0.25) is 19.3 Å². The zero-order valence-electron chi connectivity index (χ0n) is 10.5. The molecule has 2 aromatic heterocycles. The molecule has 0 saturated carbocycles. The Morgan fingerprint density at radius 3 is 2.79 bits per heavy atom. The average molecular weight is 263 g/mol. The summed E-state index contributed by atoms with van der Waals surface area (Å²) in [7, 11) is 2.95. The molecule has 100 valence electrons. The summed E-state index contributed by atoms with van der Waals surface area (Å²) in [6.07, 6.45) is 2.84. The quantitative estimate of drug-likeness (QED) is 0.500. The molecule has 0 saturated heterocycles. The summed E-state index contributed by atoms with van der Waals surface area (Å²) in [6.45, 7) is 0.240. The summed E-state index contributed by atoms with van der Waals surface area (Å²) >= 11 is 0. The van der Waals surface area contributed by atoms with Crippen LogP contribution in [-0.4, -0.2) is 30.9 Å². The van der Waals surface area contributed by atoms with Crippen molar-refractivity contribution in [2.45, 2.75) is 6.54 Å². The lowest BCUT2D eigenvalue weighted by molar-refractivity contribution is 0.704. The van der Waals surface area contributed by atoms with Crippen molar-refractivity contribution in [2.75, 3.05) is 0 Å². The van der Waals surface area contributed by atoms with Gasteiger partial charge in [0.15, 0.2) is 11.2 Å². The maximum atomic E-state index is 12.1. The van der Waals surface area contributed by atoms with Gasteiger partial charge in [-0.05, 0) is 0 Å². The van der Waals surface area contributed by atoms with Crippen LogP contribution in [-0.2, 0) is 20.6 Å². The number of hydrogen-bond acceptors (Lipinski definition) is 4. The van der Waals surface area contributed by atoms with Crippen LogP contribution in [0.25, 0.3) is 11.2 Å². The van der Waals surface area contributed by atoms with E-state index in [9.17, 15) is 9.59 Å². The third kappa shape index (κ3) is 2.05. The van der Waals surface area contributed by atoms with Gasteiger partial charge in [-0.25, -0.2) is 14.8 Å². The second kappa shape index (κ2) is 4.52. The Kier molecular flexibility index (Phi) is 3.03. The van der Waals surface area contributed by atoms with E-state index in [4.69, 9.17) is 11.1 Å². The van der Waals surface area contributed by atoms with Crippen LogP contribution in [0.4, 0.5) is 0 Å². The molecule has 0 aliphatic rings. The molecule has 2 heterocycles. The van der Waals surface area contributed by atoms with Crippen LogP contribution in [0.2, 0.25) is 0 Å². The van der Waals surface area contributed by atoms with Crippen molar-refractivity contribution in [1.29, 1.82) is 5.41 Å². The number of aliphatic imine (C=N–C) groups is 1. The number of imidazole rings is 1. The zero-order valence-corrected chi connectivity index (χ0v) is 10.5. The number of nitrogens with one attached hydrogen (secondary N) is 1. The van der Waals surface area contributed by atoms with Gasteiger partial charge in [0.25, 0.3) is 5.56 Å². The molecule has 9 nitrogen and oxygen atoms in total. The Hall–Kier alpha value is -2.71. The zero-order chi connectivity index (χ0) is 14.2. The van der Waals surface area contributed by atoms with Gasteiger partial charge in [0, 0.05) is 20.3 Å². The molecule has 0 bridgehead atoms. The van der Waals surface area contributed by atoms with Crippen molar-refractivity contribution in [3.8, 4) is 0 Å². The average Bonchev–Trinajstić information content (AvgIpc) is 2.77. The molecule has 2 aromatic rings. The molecule has 0 spiro atoms. The number of guanidine groups is 1. The second-order valence-electron chi connectivity index (χ2n) is 3.97. The molecule has 0 aliphatic heterocycles. The Labute approximate surface area is 107 Å². The molecule has 2 rings (SSSR count). The van der Waals surface area contributed by atoms with Gasteiger partial charge < -0.3 is 10.3 Å². The standard InChI is InChI=1S/C10H13N7O2/c1-15-7-6(8(18)16(2)10(15)19)17(5-14-7)4-3-13-9(11)12/h3,5H,4H2,1-2H3,(H3,11,12)/b13-3+. The lowest BCUT2D eigenvalue weighted by atomic mass is 10.5. The van der Waals surface area contributed by atoms with Gasteiger partial charge in [0.1, 0.15) is 0 Å². The summed E-state index contributed by atoms with van der Waals surface area (Å²) < 4.78 is 3.86. The van der Waals surface area contributed by atoms with Crippen LogP contribution in [0.3, 0.4) is 0 Å². The number of nitrogens with two attached hydrogens (primary N) is 1. The first-order valence-corrected chi connectivity index (χ1v) is 5.41. The van der Waals surface area contributed by atoms with E-state index in [0.717, 1.165) is 4.57 Å². The lowest BCUT2D eigenvalue weighted by Crippen LogP contribution is -2.37. The normalized spacial score (nSPS) is 11.5. The number of nitrogens with zero attached hydrogens (tertiary/aromatic N) is 5. The first-order chi connectivity index (χ1) is 8.93. The fraction of sp³-hybridized carbons (Fsp3) is 0.300.